The van der Waals surface area contributed by atoms with Crippen molar-refractivity contribution in [1.82, 2.24) is 0 Å². The van der Waals surface area contributed by atoms with Gasteiger partial charge in [-0.05, 0) is 19.4 Å². The predicted octanol–water partition coefficient (Wildman–Crippen LogP) is 3.03. The highest BCUT2D eigenvalue weighted by Gasteiger charge is 2.31. The van der Waals surface area contributed by atoms with Crippen molar-refractivity contribution in [2.24, 2.45) is 0 Å². The molecule has 1 unspecified atom stereocenters. The molecule has 0 N–H and O–H groups in total. The molecule has 1 aromatic rings. The van der Waals surface area contributed by atoms with Crippen molar-refractivity contribution in [2.45, 2.75) is 33.4 Å². The fourth-order valence-corrected chi connectivity index (χ4v) is 1.41. The van der Waals surface area contributed by atoms with Gasteiger partial charge >= 0.3 is 11.9 Å². The molecular weight excluding hydrogens is 244 g/mol. The minimum atomic E-state index is -1.40. The third-order valence-electron chi connectivity index (χ3n) is 2.38. The van der Waals surface area contributed by atoms with Crippen molar-refractivity contribution in [3.05, 3.63) is 48.0 Å². The monoisotopic (exact) mass is 264 g/mol. The molecule has 0 fully saturated rings. The fraction of sp³-hybridized carbons (Fsp3) is 0.400. The zero-order chi connectivity index (χ0) is 14.3. The zero-order valence-corrected chi connectivity index (χ0v) is 11.6. The van der Waals surface area contributed by atoms with Gasteiger partial charge in [0.2, 0.25) is 0 Å². The third-order valence-corrected chi connectivity index (χ3v) is 2.38. The van der Waals surface area contributed by atoms with E-state index < -0.39 is 11.9 Å². The first kappa shape index (κ1) is 15.4. The van der Waals surface area contributed by atoms with E-state index in [0.29, 0.717) is 18.8 Å². The molecule has 0 aromatic heterocycles. The zero-order valence-electron chi connectivity index (χ0n) is 11.6. The van der Waals surface area contributed by atoms with Crippen molar-refractivity contribution in [2.75, 3.05) is 6.61 Å². The van der Waals surface area contributed by atoms with Gasteiger partial charge in [0.15, 0.2) is 0 Å². The average Bonchev–Trinajstić information content (AvgIpc) is 2.38. The molecule has 1 rings (SSSR count). The molecule has 0 aliphatic rings. The van der Waals surface area contributed by atoms with Crippen LogP contribution in [-0.4, -0.2) is 18.5 Å². The summed E-state index contributed by atoms with van der Waals surface area (Å²) < 4.78 is 16.1. The Balaban J connectivity index is 2.65. The number of esters is 1. The first-order chi connectivity index (χ1) is 8.97. The highest BCUT2D eigenvalue weighted by atomic mass is 16.9. The summed E-state index contributed by atoms with van der Waals surface area (Å²) in [6.07, 6.45) is 0. The van der Waals surface area contributed by atoms with Gasteiger partial charge in [-0.3, -0.25) is 0 Å². The Bertz CT molecular complexity index is 427. The second kappa shape index (κ2) is 7.07. The first-order valence-corrected chi connectivity index (χ1v) is 6.17. The maximum atomic E-state index is 11.6. The van der Waals surface area contributed by atoms with Crippen LogP contribution in [0.3, 0.4) is 0 Å². The maximum Gasteiger partial charge on any atom is 0.337 e. The molecule has 0 saturated carbocycles. The van der Waals surface area contributed by atoms with Crippen molar-refractivity contribution in [1.29, 1.82) is 0 Å². The Morgan fingerprint density at radius 2 is 1.89 bits per heavy atom. The normalized spacial score (nSPS) is 13.6. The van der Waals surface area contributed by atoms with E-state index in [-0.39, 0.29) is 0 Å². The molecule has 0 heterocycles. The lowest BCUT2D eigenvalue weighted by atomic mass is 10.2. The summed E-state index contributed by atoms with van der Waals surface area (Å²) in [6, 6.07) is 9.60. The number of ether oxygens (including phenoxy) is 3. The highest BCUT2D eigenvalue weighted by molar-refractivity contribution is 5.87. The van der Waals surface area contributed by atoms with Crippen molar-refractivity contribution in [3.63, 3.8) is 0 Å². The summed E-state index contributed by atoms with van der Waals surface area (Å²) in [7, 11) is 0. The lowest BCUT2D eigenvalue weighted by Gasteiger charge is -2.28. The van der Waals surface area contributed by atoms with Gasteiger partial charge in [-0.2, -0.15) is 0 Å². The average molecular weight is 264 g/mol. The van der Waals surface area contributed by atoms with E-state index in [4.69, 9.17) is 14.2 Å². The second-order valence-electron chi connectivity index (χ2n) is 4.24. The van der Waals surface area contributed by atoms with E-state index in [0.717, 1.165) is 5.56 Å². The number of hydrogen-bond donors (Lipinski definition) is 0. The molecule has 1 aromatic carbocycles. The van der Waals surface area contributed by atoms with E-state index in [9.17, 15) is 4.79 Å². The van der Waals surface area contributed by atoms with Crippen molar-refractivity contribution >= 4 is 5.97 Å². The van der Waals surface area contributed by atoms with Crippen LogP contribution in [-0.2, 0) is 25.6 Å². The number of carbonyl (C=O) groups excluding carboxylic acids is 1. The molecular formula is C15H20O4. The summed E-state index contributed by atoms with van der Waals surface area (Å²) >= 11 is 0. The Morgan fingerprint density at radius 3 is 2.42 bits per heavy atom. The van der Waals surface area contributed by atoms with Crippen LogP contribution < -0.4 is 0 Å². The van der Waals surface area contributed by atoms with Crippen molar-refractivity contribution in [3.8, 4) is 0 Å². The summed E-state index contributed by atoms with van der Waals surface area (Å²) in [5.74, 6) is -1.94. The van der Waals surface area contributed by atoms with E-state index in [1.54, 1.807) is 20.8 Å². The van der Waals surface area contributed by atoms with Gasteiger partial charge in [0, 0.05) is 12.5 Å². The quantitative estimate of drug-likeness (QED) is 0.431. The standard InChI is InChI=1S/C15H20O4/c1-5-17-15(4,19-14(16)12(2)3)18-11-13-9-7-6-8-10-13/h6-10H,2,5,11H2,1,3-4H3. The minimum Gasteiger partial charge on any atom is -0.405 e. The van der Waals surface area contributed by atoms with Crippen LogP contribution in [0.5, 0.6) is 0 Å². The third kappa shape index (κ3) is 5.24. The smallest absolute Gasteiger partial charge is 0.337 e. The fourth-order valence-electron chi connectivity index (χ4n) is 1.41. The molecule has 0 radical (unpaired) electrons. The molecule has 4 heteroatoms. The second-order valence-corrected chi connectivity index (χ2v) is 4.24. The predicted molar refractivity (Wildman–Crippen MR) is 72.2 cm³/mol. The first-order valence-electron chi connectivity index (χ1n) is 6.17. The molecule has 104 valence electrons. The van der Waals surface area contributed by atoms with E-state index in [1.165, 1.54) is 0 Å². The highest BCUT2D eigenvalue weighted by Crippen LogP contribution is 2.18. The largest absolute Gasteiger partial charge is 0.405 e. The summed E-state index contributed by atoms with van der Waals surface area (Å²) in [6.45, 7) is 9.14. The Hall–Kier alpha value is -1.65. The molecule has 1 atom stereocenters. The summed E-state index contributed by atoms with van der Waals surface area (Å²) in [4.78, 5) is 11.6. The van der Waals surface area contributed by atoms with Gasteiger partial charge in [0.05, 0.1) is 13.2 Å². The molecule has 0 aliphatic carbocycles. The number of rotatable bonds is 7. The van der Waals surface area contributed by atoms with Crippen LogP contribution in [0.2, 0.25) is 0 Å². The molecule has 0 amide bonds. The van der Waals surface area contributed by atoms with Crippen molar-refractivity contribution < 1.29 is 19.0 Å². The molecule has 4 nitrogen and oxygen atoms in total. The van der Waals surface area contributed by atoms with Crippen LogP contribution in [0.1, 0.15) is 26.3 Å². The van der Waals surface area contributed by atoms with E-state index in [1.807, 2.05) is 30.3 Å². The van der Waals surface area contributed by atoms with Crippen LogP contribution in [0.15, 0.2) is 42.5 Å². The minimum absolute atomic E-state index is 0.292. The molecule has 0 saturated heterocycles. The summed E-state index contributed by atoms with van der Waals surface area (Å²) in [5.41, 5.74) is 1.27. The Labute approximate surface area is 114 Å². The molecule has 0 bridgehead atoms. The number of carbonyl (C=O) groups is 1. The Kier molecular flexibility index (Phi) is 5.73. The lowest BCUT2D eigenvalue weighted by Crippen LogP contribution is -2.38. The topological polar surface area (TPSA) is 44.8 Å². The van der Waals surface area contributed by atoms with Crippen LogP contribution in [0.4, 0.5) is 0 Å². The van der Waals surface area contributed by atoms with E-state index >= 15 is 0 Å². The van der Waals surface area contributed by atoms with Gasteiger partial charge in [0.25, 0.3) is 0 Å². The maximum absolute atomic E-state index is 11.6. The van der Waals surface area contributed by atoms with Gasteiger partial charge in [-0.1, -0.05) is 36.9 Å². The van der Waals surface area contributed by atoms with E-state index in [2.05, 4.69) is 6.58 Å². The van der Waals surface area contributed by atoms with Crippen LogP contribution >= 0.6 is 0 Å². The molecule has 19 heavy (non-hydrogen) atoms. The van der Waals surface area contributed by atoms with Gasteiger partial charge in [-0.25, -0.2) is 4.79 Å². The SMILES string of the molecule is C=C(C)C(=O)OC(C)(OCC)OCc1ccccc1. The van der Waals surface area contributed by atoms with Gasteiger partial charge in [-0.15, -0.1) is 0 Å². The van der Waals surface area contributed by atoms with Gasteiger partial charge < -0.3 is 14.2 Å². The summed E-state index contributed by atoms with van der Waals surface area (Å²) in [5, 5.41) is 0. The Morgan fingerprint density at radius 1 is 1.26 bits per heavy atom. The molecule has 0 spiro atoms. The van der Waals surface area contributed by atoms with Gasteiger partial charge in [0.1, 0.15) is 0 Å². The lowest BCUT2D eigenvalue weighted by molar-refractivity contribution is -0.354. The number of hydrogen-bond acceptors (Lipinski definition) is 4. The number of benzene rings is 1. The van der Waals surface area contributed by atoms with Crippen LogP contribution in [0, 0.1) is 0 Å². The van der Waals surface area contributed by atoms with Crippen LogP contribution in [0.25, 0.3) is 0 Å². The molecule has 0 aliphatic heterocycles.